The van der Waals surface area contributed by atoms with Gasteiger partial charge < -0.3 is 20.1 Å². The second-order valence-corrected chi connectivity index (χ2v) is 4.55. The summed E-state index contributed by atoms with van der Waals surface area (Å²) in [5.41, 5.74) is 0. The average molecular weight is 272 g/mol. The van der Waals surface area contributed by atoms with E-state index in [1.54, 1.807) is 4.90 Å². The lowest BCUT2D eigenvalue weighted by Crippen LogP contribution is -2.47. The number of carboxylic acid groups (broad SMARTS) is 1. The van der Waals surface area contributed by atoms with Crippen molar-refractivity contribution >= 4 is 17.8 Å². The van der Waals surface area contributed by atoms with Gasteiger partial charge in [-0.25, -0.2) is 0 Å². The van der Waals surface area contributed by atoms with Crippen LogP contribution in [0.25, 0.3) is 0 Å². The standard InChI is InChI=1S/C12H20N2O5/c1-19-8-10(15)13-9-4-6-14(7-5-9)11(16)2-3-12(17)18/h9H,2-8H2,1H3,(H,13,15)(H,17,18). The molecule has 1 aliphatic heterocycles. The van der Waals surface area contributed by atoms with Crippen LogP contribution in [0.15, 0.2) is 0 Å². The quantitative estimate of drug-likeness (QED) is 0.686. The highest BCUT2D eigenvalue weighted by atomic mass is 16.5. The summed E-state index contributed by atoms with van der Waals surface area (Å²) < 4.78 is 4.73. The van der Waals surface area contributed by atoms with E-state index in [9.17, 15) is 14.4 Å². The molecule has 7 heteroatoms. The Hall–Kier alpha value is -1.63. The lowest BCUT2D eigenvalue weighted by Gasteiger charge is -2.32. The van der Waals surface area contributed by atoms with E-state index < -0.39 is 5.97 Å². The number of aliphatic carboxylic acids is 1. The lowest BCUT2D eigenvalue weighted by atomic mass is 10.0. The van der Waals surface area contributed by atoms with Crippen molar-refractivity contribution in [2.24, 2.45) is 0 Å². The van der Waals surface area contributed by atoms with Gasteiger partial charge in [0, 0.05) is 32.7 Å². The largest absolute Gasteiger partial charge is 0.481 e. The number of hydrogen-bond donors (Lipinski definition) is 2. The van der Waals surface area contributed by atoms with Gasteiger partial charge in [-0.3, -0.25) is 14.4 Å². The van der Waals surface area contributed by atoms with Crippen molar-refractivity contribution in [3.63, 3.8) is 0 Å². The molecule has 0 atom stereocenters. The number of piperidine rings is 1. The number of amides is 2. The molecule has 0 spiro atoms. The predicted octanol–water partition coefficient (Wildman–Crippen LogP) is -0.395. The molecule has 2 N–H and O–H groups in total. The molecule has 2 amide bonds. The smallest absolute Gasteiger partial charge is 0.303 e. The van der Waals surface area contributed by atoms with E-state index in [1.807, 2.05) is 0 Å². The number of ether oxygens (including phenoxy) is 1. The van der Waals surface area contributed by atoms with Crippen molar-refractivity contribution in [2.75, 3.05) is 26.8 Å². The fourth-order valence-corrected chi connectivity index (χ4v) is 2.05. The van der Waals surface area contributed by atoms with Gasteiger partial charge in [0.05, 0.1) is 6.42 Å². The van der Waals surface area contributed by atoms with Gasteiger partial charge in [-0.05, 0) is 12.8 Å². The van der Waals surface area contributed by atoms with Crippen LogP contribution in [0.2, 0.25) is 0 Å². The van der Waals surface area contributed by atoms with Crippen LogP contribution in [0.5, 0.6) is 0 Å². The number of nitrogens with one attached hydrogen (secondary N) is 1. The van der Waals surface area contributed by atoms with Crippen molar-refractivity contribution in [1.29, 1.82) is 0 Å². The van der Waals surface area contributed by atoms with E-state index in [0.717, 1.165) is 0 Å². The SMILES string of the molecule is COCC(=O)NC1CCN(C(=O)CCC(=O)O)CC1. The van der Waals surface area contributed by atoms with Gasteiger partial charge in [0.15, 0.2) is 0 Å². The van der Waals surface area contributed by atoms with Crippen LogP contribution < -0.4 is 5.32 Å². The second kappa shape index (κ2) is 7.73. The second-order valence-electron chi connectivity index (χ2n) is 4.55. The molecule has 1 saturated heterocycles. The molecule has 0 aromatic heterocycles. The minimum absolute atomic E-state index is 0.0377. The molecule has 0 aromatic carbocycles. The zero-order valence-electron chi connectivity index (χ0n) is 11.1. The summed E-state index contributed by atoms with van der Waals surface area (Å²) in [4.78, 5) is 35.1. The van der Waals surface area contributed by atoms with Crippen molar-refractivity contribution in [3.05, 3.63) is 0 Å². The lowest BCUT2D eigenvalue weighted by molar-refractivity contribution is -0.141. The average Bonchev–Trinajstić information content (AvgIpc) is 2.37. The molecule has 1 fully saturated rings. The van der Waals surface area contributed by atoms with Gasteiger partial charge in [0.1, 0.15) is 6.61 Å². The topological polar surface area (TPSA) is 95.9 Å². The fraction of sp³-hybridized carbons (Fsp3) is 0.750. The summed E-state index contributed by atoms with van der Waals surface area (Å²) in [5.74, 6) is -1.25. The van der Waals surface area contributed by atoms with Crippen LogP contribution in [0.4, 0.5) is 0 Å². The molecule has 1 rings (SSSR count). The third kappa shape index (κ3) is 5.69. The number of carboxylic acids is 1. The normalized spacial score (nSPS) is 16.2. The maximum Gasteiger partial charge on any atom is 0.303 e. The third-order valence-electron chi connectivity index (χ3n) is 3.04. The molecule has 19 heavy (non-hydrogen) atoms. The van der Waals surface area contributed by atoms with Crippen molar-refractivity contribution < 1.29 is 24.2 Å². The van der Waals surface area contributed by atoms with Crippen LogP contribution >= 0.6 is 0 Å². The summed E-state index contributed by atoms with van der Waals surface area (Å²) in [5, 5.41) is 11.4. The highest BCUT2D eigenvalue weighted by Crippen LogP contribution is 2.12. The summed E-state index contributed by atoms with van der Waals surface area (Å²) in [6, 6.07) is 0.0613. The Labute approximate surface area is 111 Å². The highest BCUT2D eigenvalue weighted by Gasteiger charge is 2.23. The van der Waals surface area contributed by atoms with Crippen molar-refractivity contribution in [2.45, 2.75) is 31.7 Å². The van der Waals surface area contributed by atoms with E-state index in [1.165, 1.54) is 7.11 Å². The molecular weight excluding hydrogens is 252 g/mol. The monoisotopic (exact) mass is 272 g/mol. The Bertz CT molecular complexity index is 337. The van der Waals surface area contributed by atoms with E-state index in [0.29, 0.717) is 25.9 Å². The van der Waals surface area contributed by atoms with Crippen LogP contribution in [-0.4, -0.2) is 60.6 Å². The molecule has 0 unspecified atom stereocenters. The first-order valence-electron chi connectivity index (χ1n) is 6.30. The van der Waals surface area contributed by atoms with Crippen LogP contribution in [0.3, 0.4) is 0 Å². The zero-order chi connectivity index (χ0) is 14.3. The minimum Gasteiger partial charge on any atom is -0.481 e. The number of nitrogens with zero attached hydrogens (tertiary/aromatic N) is 1. The van der Waals surface area contributed by atoms with Crippen LogP contribution in [0, 0.1) is 0 Å². The predicted molar refractivity (Wildman–Crippen MR) is 66.5 cm³/mol. The Morgan fingerprint density at radius 1 is 1.26 bits per heavy atom. The van der Waals surface area contributed by atoms with E-state index in [2.05, 4.69) is 5.32 Å². The molecule has 0 saturated carbocycles. The maximum atomic E-state index is 11.7. The van der Waals surface area contributed by atoms with E-state index >= 15 is 0 Å². The zero-order valence-corrected chi connectivity index (χ0v) is 11.1. The Kier molecular flexibility index (Phi) is 6.27. The van der Waals surface area contributed by atoms with Gasteiger partial charge in [-0.1, -0.05) is 0 Å². The van der Waals surface area contributed by atoms with Crippen LogP contribution in [-0.2, 0) is 19.1 Å². The third-order valence-corrected chi connectivity index (χ3v) is 3.04. The van der Waals surface area contributed by atoms with Gasteiger partial charge in [-0.2, -0.15) is 0 Å². The first-order chi connectivity index (χ1) is 9.02. The van der Waals surface area contributed by atoms with Gasteiger partial charge in [0.25, 0.3) is 0 Å². The molecule has 0 aliphatic carbocycles. The molecule has 1 aliphatic rings. The summed E-state index contributed by atoms with van der Waals surface area (Å²) in [6.45, 7) is 1.14. The van der Waals surface area contributed by atoms with Gasteiger partial charge >= 0.3 is 5.97 Å². The number of carbonyl (C=O) groups is 3. The van der Waals surface area contributed by atoms with Crippen molar-refractivity contribution in [1.82, 2.24) is 10.2 Å². The number of rotatable bonds is 6. The van der Waals surface area contributed by atoms with E-state index in [-0.39, 0.29) is 37.3 Å². The van der Waals surface area contributed by atoms with Gasteiger partial charge in [0.2, 0.25) is 11.8 Å². The Morgan fingerprint density at radius 3 is 2.42 bits per heavy atom. The molecule has 1 heterocycles. The molecule has 7 nitrogen and oxygen atoms in total. The molecular formula is C12H20N2O5. The minimum atomic E-state index is -0.963. The highest BCUT2D eigenvalue weighted by molar-refractivity contribution is 5.81. The molecule has 0 radical (unpaired) electrons. The van der Waals surface area contributed by atoms with E-state index in [4.69, 9.17) is 9.84 Å². The Morgan fingerprint density at radius 2 is 1.89 bits per heavy atom. The number of likely N-dealkylation sites (tertiary alicyclic amines) is 1. The summed E-state index contributed by atoms with van der Waals surface area (Å²) in [7, 11) is 1.46. The van der Waals surface area contributed by atoms with Crippen LogP contribution in [0.1, 0.15) is 25.7 Å². The molecule has 108 valence electrons. The first kappa shape index (κ1) is 15.4. The molecule has 0 bridgehead atoms. The number of methoxy groups -OCH3 is 1. The Balaban J connectivity index is 2.26. The summed E-state index contributed by atoms with van der Waals surface area (Å²) >= 11 is 0. The van der Waals surface area contributed by atoms with Crippen molar-refractivity contribution in [3.8, 4) is 0 Å². The number of hydrogen-bond acceptors (Lipinski definition) is 4. The summed E-state index contributed by atoms with van der Waals surface area (Å²) in [6.07, 6.45) is 1.28. The fourth-order valence-electron chi connectivity index (χ4n) is 2.05. The molecule has 0 aromatic rings. The maximum absolute atomic E-state index is 11.7. The first-order valence-corrected chi connectivity index (χ1v) is 6.30. The van der Waals surface area contributed by atoms with Gasteiger partial charge in [-0.15, -0.1) is 0 Å². The number of carbonyl (C=O) groups excluding carboxylic acids is 2.